The van der Waals surface area contributed by atoms with Crippen molar-refractivity contribution in [3.05, 3.63) is 47.4 Å². The van der Waals surface area contributed by atoms with E-state index >= 15 is 0 Å². The van der Waals surface area contributed by atoms with E-state index in [0.29, 0.717) is 17.4 Å². The van der Waals surface area contributed by atoms with Crippen LogP contribution in [0.5, 0.6) is 5.75 Å². The Kier molecular flexibility index (Phi) is 3.00. The molecule has 0 unspecified atom stereocenters. The van der Waals surface area contributed by atoms with E-state index < -0.39 is 0 Å². The second-order valence-corrected chi connectivity index (χ2v) is 4.81. The molecule has 0 spiro atoms. The maximum Gasteiger partial charge on any atom is 0.169 e. The van der Waals surface area contributed by atoms with E-state index in [-0.39, 0.29) is 12.4 Å². The number of hydrogen-bond acceptors (Lipinski definition) is 5. The van der Waals surface area contributed by atoms with Gasteiger partial charge in [0.15, 0.2) is 5.82 Å². The fourth-order valence-electron chi connectivity index (χ4n) is 1.69. The molecule has 2 aromatic heterocycles. The van der Waals surface area contributed by atoms with E-state index in [4.69, 9.17) is 10.5 Å². The van der Waals surface area contributed by atoms with E-state index in [1.165, 1.54) is 23.5 Å². The van der Waals surface area contributed by atoms with Crippen LogP contribution in [0, 0.1) is 5.82 Å². The Morgan fingerprint density at radius 1 is 1.26 bits per heavy atom. The van der Waals surface area contributed by atoms with Gasteiger partial charge in [-0.15, -0.1) is 11.3 Å². The summed E-state index contributed by atoms with van der Waals surface area (Å²) in [5.74, 6) is 1.01. The second-order valence-electron chi connectivity index (χ2n) is 3.91. The third kappa shape index (κ3) is 2.48. The van der Waals surface area contributed by atoms with Crippen LogP contribution in [-0.4, -0.2) is 9.97 Å². The molecule has 0 saturated carbocycles. The third-order valence-corrected chi connectivity index (χ3v) is 3.37. The summed E-state index contributed by atoms with van der Waals surface area (Å²) in [6.45, 7) is 0.154. The highest BCUT2D eigenvalue weighted by Crippen LogP contribution is 2.23. The van der Waals surface area contributed by atoms with Gasteiger partial charge in [0.2, 0.25) is 0 Å². The largest absolute Gasteiger partial charge is 0.486 e. The molecule has 3 rings (SSSR count). The van der Waals surface area contributed by atoms with Crippen molar-refractivity contribution in [2.75, 3.05) is 5.73 Å². The van der Waals surface area contributed by atoms with E-state index in [9.17, 15) is 4.39 Å². The Morgan fingerprint density at radius 2 is 2.16 bits per heavy atom. The Labute approximate surface area is 112 Å². The normalized spacial score (nSPS) is 10.8. The maximum atomic E-state index is 13.0. The Hall–Kier alpha value is -2.21. The fourth-order valence-corrected chi connectivity index (χ4v) is 2.48. The average molecular weight is 275 g/mol. The van der Waals surface area contributed by atoms with Crippen molar-refractivity contribution in [2.24, 2.45) is 0 Å². The first-order valence-corrected chi connectivity index (χ1v) is 6.48. The summed E-state index contributed by atoms with van der Waals surface area (Å²) in [5, 5.41) is 2.76. The van der Waals surface area contributed by atoms with Crippen LogP contribution in [0.1, 0.15) is 5.82 Å². The van der Waals surface area contributed by atoms with Crippen molar-refractivity contribution in [3.63, 3.8) is 0 Å². The zero-order valence-electron chi connectivity index (χ0n) is 9.84. The van der Waals surface area contributed by atoms with Crippen molar-refractivity contribution in [3.8, 4) is 5.75 Å². The Morgan fingerprint density at radius 3 is 3.00 bits per heavy atom. The molecule has 0 atom stereocenters. The molecule has 0 saturated heterocycles. The van der Waals surface area contributed by atoms with Crippen molar-refractivity contribution in [1.82, 2.24) is 9.97 Å². The molecule has 4 nitrogen and oxygen atoms in total. The molecule has 19 heavy (non-hydrogen) atoms. The van der Waals surface area contributed by atoms with Gasteiger partial charge >= 0.3 is 0 Å². The molecule has 3 aromatic rings. The van der Waals surface area contributed by atoms with Gasteiger partial charge in [0.1, 0.15) is 28.8 Å². The number of nitrogen functional groups attached to an aromatic ring is 1. The number of fused-ring (bicyclic) bond motifs is 1. The highest BCUT2D eigenvalue weighted by Gasteiger charge is 2.07. The summed E-state index contributed by atoms with van der Waals surface area (Å²) in [7, 11) is 0. The van der Waals surface area contributed by atoms with Crippen LogP contribution in [0.3, 0.4) is 0 Å². The topological polar surface area (TPSA) is 61.0 Å². The van der Waals surface area contributed by atoms with Gasteiger partial charge in [0, 0.05) is 6.07 Å². The summed E-state index contributed by atoms with van der Waals surface area (Å²) in [6.07, 6.45) is 0. The zero-order valence-corrected chi connectivity index (χ0v) is 10.7. The molecule has 2 N–H and O–H groups in total. The molecule has 0 amide bonds. The number of thiophene rings is 1. The number of aromatic nitrogens is 2. The van der Waals surface area contributed by atoms with Crippen molar-refractivity contribution >= 4 is 27.4 Å². The minimum atomic E-state index is -0.341. The van der Waals surface area contributed by atoms with Gasteiger partial charge in [-0.3, -0.25) is 0 Å². The van der Waals surface area contributed by atoms with Crippen LogP contribution in [0.2, 0.25) is 0 Å². The molecule has 0 aliphatic heterocycles. The van der Waals surface area contributed by atoms with Crippen LogP contribution < -0.4 is 10.5 Å². The first kappa shape index (κ1) is 11.9. The van der Waals surface area contributed by atoms with E-state index in [0.717, 1.165) is 10.2 Å². The minimum absolute atomic E-state index is 0.154. The van der Waals surface area contributed by atoms with Gasteiger partial charge < -0.3 is 10.5 Å². The van der Waals surface area contributed by atoms with Crippen molar-refractivity contribution < 1.29 is 9.13 Å². The zero-order chi connectivity index (χ0) is 13.2. The number of ether oxygens (including phenoxy) is 1. The smallest absolute Gasteiger partial charge is 0.169 e. The number of benzene rings is 1. The van der Waals surface area contributed by atoms with Gasteiger partial charge in [0.25, 0.3) is 0 Å². The number of hydrogen-bond donors (Lipinski definition) is 1. The molecule has 0 bridgehead atoms. The molecule has 2 heterocycles. The fraction of sp³-hybridized carbons (Fsp3) is 0.0769. The quantitative estimate of drug-likeness (QED) is 0.798. The van der Waals surface area contributed by atoms with Crippen LogP contribution in [0.25, 0.3) is 10.2 Å². The van der Waals surface area contributed by atoms with Gasteiger partial charge in [0.05, 0.1) is 5.39 Å². The summed E-state index contributed by atoms with van der Waals surface area (Å²) in [6, 6.07) is 7.82. The van der Waals surface area contributed by atoms with E-state index in [1.807, 2.05) is 11.4 Å². The van der Waals surface area contributed by atoms with Crippen LogP contribution in [0.15, 0.2) is 35.7 Å². The summed E-state index contributed by atoms with van der Waals surface area (Å²) < 4.78 is 18.4. The summed E-state index contributed by atoms with van der Waals surface area (Å²) >= 11 is 1.49. The SMILES string of the molecule is Nc1nc(COc2cccc(F)c2)nc2sccc12. The summed E-state index contributed by atoms with van der Waals surface area (Å²) in [5.41, 5.74) is 5.83. The van der Waals surface area contributed by atoms with Gasteiger partial charge in [-0.05, 0) is 23.6 Å². The molecule has 1 aromatic carbocycles. The molecule has 96 valence electrons. The number of rotatable bonds is 3. The molecule has 0 radical (unpaired) electrons. The first-order chi connectivity index (χ1) is 9.22. The van der Waals surface area contributed by atoms with E-state index in [1.54, 1.807) is 12.1 Å². The molecule has 0 aliphatic rings. The average Bonchev–Trinajstić information content (AvgIpc) is 2.85. The van der Waals surface area contributed by atoms with Crippen molar-refractivity contribution in [1.29, 1.82) is 0 Å². The number of anilines is 1. The standard InChI is InChI=1S/C13H10FN3OS/c14-8-2-1-3-9(6-8)18-7-11-16-12(15)10-4-5-19-13(10)17-11/h1-6H,7H2,(H2,15,16,17). The third-order valence-electron chi connectivity index (χ3n) is 2.56. The summed E-state index contributed by atoms with van der Waals surface area (Å²) in [4.78, 5) is 9.33. The number of halogens is 1. The lowest BCUT2D eigenvalue weighted by atomic mass is 10.3. The number of nitrogens with zero attached hydrogens (tertiary/aromatic N) is 2. The lowest BCUT2D eigenvalue weighted by molar-refractivity contribution is 0.295. The highest BCUT2D eigenvalue weighted by atomic mass is 32.1. The van der Waals surface area contributed by atoms with Gasteiger partial charge in [-0.2, -0.15) is 0 Å². The van der Waals surface area contributed by atoms with Crippen molar-refractivity contribution in [2.45, 2.75) is 6.61 Å². The molecular formula is C13H10FN3OS. The second kappa shape index (κ2) is 4.81. The lowest BCUT2D eigenvalue weighted by Crippen LogP contribution is -2.04. The molecular weight excluding hydrogens is 265 g/mol. The monoisotopic (exact) mass is 275 g/mol. The predicted octanol–water partition coefficient (Wildman–Crippen LogP) is 2.99. The highest BCUT2D eigenvalue weighted by molar-refractivity contribution is 7.16. The minimum Gasteiger partial charge on any atom is -0.486 e. The van der Waals surface area contributed by atoms with Gasteiger partial charge in [-0.25, -0.2) is 14.4 Å². The first-order valence-electron chi connectivity index (χ1n) is 5.60. The Balaban J connectivity index is 1.81. The van der Waals surface area contributed by atoms with Crippen LogP contribution in [0.4, 0.5) is 10.2 Å². The maximum absolute atomic E-state index is 13.0. The van der Waals surface area contributed by atoms with Gasteiger partial charge in [-0.1, -0.05) is 6.07 Å². The van der Waals surface area contributed by atoms with Crippen LogP contribution >= 0.6 is 11.3 Å². The molecule has 0 fully saturated rings. The van der Waals surface area contributed by atoms with Crippen LogP contribution in [-0.2, 0) is 6.61 Å². The molecule has 6 heteroatoms. The van der Waals surface area contributed by atoms with E-state index in [2.05, 4.69) is 9.97 Å². The lowest BCUT2D eigenvalue weighted by Gasteiger charge is -2.06. The predicted molar refractivity (Wildman–Crippen MR) is 72.6 cm³/mol. The molecule has 0 aliphatic carbocycles. The number of nitrogens with two attached hydrogens (primary N) is 1. The Bertz CT molecular complexity index is 729.